The van der Waals surface area contributed by atoms with E-state index in [0.29, 0.717) is 11.7 Å². The predicted molar refractivity (Wildman–Crippen MR) is 73.1 cm³/mol. The van der Waals surface area contributed by atoms with E-state index >= 15 is 0 Å². The molecule has 1 N–H and O–H groups in total. The lowest BCUT2D eigenvalue weighted by Gasteiger charge is -2.04. The van der Waals surface area contributed by atoms with E-state index in [1.165, 1.54) is 0 Å². The van der Waals surface area contributed by atoms with Crippen LogP contribution in [0.4, 0.5) is 0 Å². The second-order valence-electron chi connectivity index (χ2n) is 4.90. The van der Waals surface area contributed by atoms with Crippen molar-refractivity contribution >= 4 is 0 Å². The van der Waals surface area contributed by atoms with Gasteiger partial charge in [0, 0.05) is 31.6 Å². The molecule has 0 bridgehead atoms. The van der Waals surface area contributed by atoms with Crippen LogP contribution in [0.5, 0.6) is 0 Å². The highest BCUT2D eigenvalue weighted by atomic mass is 16.5. The Kier molecular flexibility index (Phi) is 3.75. The maximum absolute atomic E-state index is 5.40. The van der Waals surface area contributed by atoms with Gasteiger partial charge >= 0.3 is 0 Å². The van der Waals surface area contributed by atoms with Gasteiger partial charge in [-0.25, -0.2) is 0 Å². The molecule has 0 radical (unpaired) electrons. The first-order chi connectivity index (χ1) is 9.81. The molecule has 0 aromatic carbocycles. The Morgan fingerprint density at radius 1 is 1.50 bits per heavy atom. The summed E-state index contributed by atoms with van der Waals surface area (Å²) in [4.78, 5) is 8.65. The SMILES string of the molecule is CCc1cnccc1-c1noc([C@H]2C[C@H](OC)CN2)n1. The van der Waals surface area contributed by atoms with Crippen LogP contribution in [-0.2, 0) is 11.2 Å². The van der Waals surface area contributed by atoms with Crippen molar-refractivity contribution in [2.45, 2.75) is 31.9 Å². The molecule has 2 atom stereocenters. The molecular formula is C14H18N4O2. The summed E-state index contributed by atoms with van der Waals surface area (Å²) in [6, 6.07) is 2.00. The van der Waals surface area contributed by atoms with Gasteiger partial charge in [0.05, 0.1) is 12.1 Å². The lowest BCUT2D eigenvalue weighted by molar-refractivity contribution is 0.116. The van der Waals surface area contributed by atoms with Crippen LogP contribution in [0.2, 0.25) is 0 Å². The monoisotopic (exact) mass is 274 g/mol. The van der Waals surface area contributed by atoms with E-state index < -0.39 is 0 Å². The highest BCUT2D eigenvalue weighted by molar-refractivity contribution is 5.58. The van der Waals surface area contributed by atoms with Gasteiger partial charge in [-0.2, -0.15) is 4.98 Å². The fourth-order valence-corrected chi connectivity index (χ4v) is 2.48. The van der Waals surface area contributed by atoms with Crippen LogP contribution >= 0.6 is 0 Å². The van der Waals surface area contributed by atoms with Gasteiger partial charge in [0.25, 0.3) is 0 Å². The van der Waals surface area contributed by atoms with E-state index in [2.05, 4.69) is 27.4 Å². The maximum atomic E-state index is 5.40. The number of methoxy groups -OCH3 is 1. The van der Waals surface area contributed by atoms with Gasteiger partial charge in [-0.15, -0.1) is 0 Å². The maximum Gasteiger partial charge on any atom is 0.244 e. The van der Waals surface area contributed by atoms with E-state index in [9.17, 15) is 0 Å². The van der Waals surface area contributed by atoms with Crippen molar-refractivity contribution in [1.82, 2.24) is 20.4 Å². The van der Waals surface area contributed by atoms with Gasteiger partial charge in [0.1, 0.15) is 0 Å². The molecule has 0 aliphatic carbocycles. The first-order valence-electron chi connectivity index (χ1n) is 6.84. The molecule has 1 aliphatic heterocycles. The van der Waals surface area contributed by atoms with Gasteiger partial charge in [0.2, 0.25) is 11.7 Å². The third-order valence-corrected chi connectivity index (χ3v) is 3.69. The Morgan fingerprint density at radius 3 is 3.15 bits per heavy atom. The minimum atomic E-state index is 0.0770. The zero-order valence-corrected chi connectivity index (χ0v) is 11.7. The Balaban J connectivity index is 1.83. The average molecular weight is 274 g/mol. The van der Waals surface area contributed by atoms with Crippen molar-refractivity contribution in [3.05, 3.63) is 29.9 Å². The van der Waals surface area contributed by atoms with Crippen LogP contribution in [0, 0.1) is 0 Å². The number of ether oxygens (including phenoxy) is 1. The number of hydrogen-bond acceptors (Lipinski definition) is 6. The molecule has 1 aliphatic rings. The molecule has 6 nitrogen and oxygen atoms in total. The minimum Gasteiger partial charge on any atom is -0.380 e. The normalized spacial score (nSPS) is 22.3. The molecule has 0 amide bonds. The number of aryl methyl sites for hydroxylation is 1. The summed E-state index contributed by atoms with van der Waals surface area (Å²) in [5.41, 5.74) is 2.10. The number of aromatic nitrogens is 3. The topological polar surface area (TPSA) is 73.1 Å². The molecule has 1 fully saturated rings. The summed E-state index contributed by atoms with van der Waals surface area (Å²) in [5.74, 6) is 1.25. The largest absolute Gasteiger partial charge is 0.380 e. The van der Waals surface area contributed by atoms with E-state index in [1.807, 2.05) is 12.3 Å². The molecule has 6 heteroatoms. The van der Waals surface area contributed by atoms with Crippen molar-refractivity contribution in [2.24, 2.45) is 0 Å². The molecule has 3 rings (SSSR count). The Bertz CT molecular complexity index is 584. The fraction of sp³-hybridized carbons (Fsp3) is 0.500. The lowest BCUT2D eigenvalue weighted by atomic mass is 10.1. The Hall–Kier alpha value is -1.79. The first kappa shape index (κ1) is 13.2. The van der Waals surface area contributed by atoms with Crippen LogP contribution in [0.3, 0.4) is 0 Å². The van der Waals surface area contributed by atoms with E-state index in [0.717, 1.165) is 30.5 Å². The van der Waals surface area contributed by atoms with Gasteiger partial charge in [-0.1, -0.05) is 12.1 Å². The lowest BCUT2D eigenvalue weighted by Crippen LogP contribution is -2.16. The van der Waals surface area contributed by atoms with Gasteiger partial charge in [-0.3, -0.25) is 4.98 Å². The van der Waals surface area contributed by atoms with Crippen molar-refractivity contribution in [3.8, 4) is 11.4 Å². The third-order valence-electron chi connectivity index (χ3n) is 3.69. The summed E-state index contributed by atoms with van der Waals surface area (Å²) >= 11 is 0. The predicted octanol–water partition coefficient (Wildman–Crippen LogP) is 1.74. The Labute approximate surface area is 117 Å². The van der Waals surface area contributed by atoms with Crippen molar-refractivity contribution in [2.75, 3.05) is 13.7 Å². The van der Waals surface area contributed by atoms with Crippen LogP contribution in [0.25, 0.3) is 11.4 Å². The second kappa shape index (κ2) is 5.68. The van der Waals surface area contributed by atoms with Crippen LogP contribution in [0.1, 0.15) is 30.8 Å². The molecule has 106 valence electrons. The molecule has 0 spiro atoms. The minimum absolute atomic E-state index is 0.0770. The average Bonchev–Trinajstić information content (AvgIpc) is 3.15. The third kappa shape index (κ3) is 2.44. The quantitative estimate of drug-likeness (QED) is 0.915. The summed E-state index contributed by atoms with van der Waals surface area (Å²) in [6.45, 7) is 2.90. The summed E-state index contributed by atoms with van der Waals surface area (Å²) in [5, 5.41) is 7.43. The fourth-order valence-electron chi connectivity index (χ4n) is 2.48. The summed E-state index contributed by atoms with van der Waals surface area (Å²) < 4.78 is 10.7. The molecule has 1 saturated heterocycles. The number of hydrogen-bond donors (Lipinski definition) is 1. The zero-order valence-electron chi connectivity index (χ0n) is 11.7. The van der Waals surface area contributed by atoms with Crippen LogP contribution in [-0.4, -0.2) is 34.9 Å². The number of rotatable bonds is 4. The van der Waals surface area contributed by atoms with E-state index in [-0.39, 0.29) is 12.1 Å². The number of nitrogens with zero attached hydrogens (tertiary/aromatic N) is 3. The molecule has 0 unspecified atom stereocenters. The van der Waals surface area contributed by atoms with Gasteiger partial charge in [0.15, 0.2) is 0 Å². The van der Waals surface area contributed by atoms with Crippen molar-refractivity contribution < 1.29 is 9.26 Å². The first-order valence-corrected chi connectivity index (χ1v) is 6.84. The van der Waals surface area contributed by atoms with Crippen molar-refractivity contribution in [3.63, 3.8) is 0 Å². The molecule has 2 aromatic rings. The molecule has 3 heterocycles. The van der Waals surface area contributed by atoms with Gasteiger partial charge in [-0.05, 0) is 24.5 Å². The second-order valence-corrected chi connectivity index (χ2v) is 4.90. The summed E-state index contributed by atoms with van der Waals surface area (Å²) in [6.07, 6.45) is 5.55. The molecule has 0 saturated carbocycles. The smallest absolute Gasteiger partial charge is 0.244 e. The van der Waals surface area contributed by atoms with Crippen molar-refractivity contribution in [1.29, 1.82) is 0 Å². The number of pyridine rings is 1. The highest BCUT2D eigenvalue weighted by Gasteiger charge is 2.29. The zero-order chi connectivity index (χ0) is 13.9. The standard InChI is InChI=1S/C14H18N4O2/c1-3-9-7-15-5-4-11(9)13-17-14(20-18-13)12-6-10(19-2)8-16-12/h4-5,7,10,12,16H,3,6,8H2,1-2H3/t10-,12+/m0/s1. The van der Waals surface area contributed by atoms with E-state index in [1.54, 1.807) is 13.3 Å². The molecular weight excluding hydrogens is 256 g/mol. The number of nitrogens with one attached hydrogen (secondary N) is 1. The van der Waals surface area contributed by atoms with Gasteiger partial charge < -0.3 is 14.6 Å². The molecule has 20 heavy (non-hydrogen) atoms. The Morgan fingerprint density at radius 2 is 2.40 bits per heavy atom. The summed E-state index contributed by atoms with van der Waals surface area (Å²) in [7, 11) is 1.72. The highest BCUT2D eigenvalue weighted by Crippen LogP contribution is 2.26. The van der Waals surface area contributed by atoms with Crippen LogP contribution in [0.15, 0.2) is 23.0 Å². The molecule has 2 aromatic heterocycles. The van der Waals surface area contributed by atoms with E-state index in [4.69, 9.17) is 9.26 Å². The van der Waals surface area contributed by atoms with Crippen LogP contribution < -0.4 is 5.32 Å².